The average Bonchev–Trinajstić information content (AvgIpc) is 3.07. The smallest absolute Gasteiger partial charge is 0.191 e. The van der Waals surface area contributed by atoms with Crippen molar-refractivity contribution in [3.8, 4) is 0 Å². The van der Waals surface area contributed by atoms with Crippen LogP contribution in [0.25, 0.3) is 5.65 Å². The van der Waals surface area contributed by atoms with Gasteiger partial charge in [-0.1, -0.05) is 32.0 Å². The molecule has 2 aromatic heterocycles. The Balaban J connectivity index is 0.00000280. The van der Waals surface area contributed by atoms with Crippen molar-refractivity contribution >= 4 is 35.6 Å². The van der Waals surface area contributed by atoms with Gasteiger partial charge in [0.1, 0.15) is 11.5 Å². The van der Waals surface area contributed by atoms with Crippen LogP contribution < -0.4 is 10.6 Å². The molecule has 0 atom stereocenters. The Morgan fingerprint density at radius 1 is 1.18 bits per heavy atom. The summed E-state index contributed by atoms with van der Waals surface area (Å²) in [7, 11) is 1.75. The molecule has 0 fully saturated rings. The van der Waals surface area contributed by atoms with E-state index in [-0.39, 0.29) is 35.2 Å². The molecule has 0 radical (unpaired) electrons. The summed E-state index contributed by atoms with van der Waals surface area (Å²) in [6.07, 6.45) is 4.84. The molecule has 7 heteroatoms. The van der Waals surface area contributed by atoms with Crippen LogP contribution in [0.5, 0.6) is 0 Å². The number of benzene rings is 1. The number of pyridine rings is 1. The van der Waals surface area contributed by atoms with Gasteiger partial charge in [0.25, 0.3) is 0 Å². The van der Waals surface area contributed by atoms with Gasteiger partial charge >= 0.3 is 0 Å². The predicted octanol–water partition coefficient (Wildman–Crippen LogP) is 3.78. The third-order valence-corrected chi connectivity index (χ3v) is 4.61. The summed E-state index contributed by atoms with van der Waals surface area (Å²) in [5.74, 6) is 0.513. The number of nitrogens with zero attached hydrogens (tertiary/aromatic N) is 3. The quantitative estimate of drug-likeness (QED) is 0.311. The maximum absolute atomic E-state index is 13.5. The number of halogens is 2. The topological polar surface area (TPSA) is 53.7 Å². The van der Waals surface area contributed by atoms with Gasteiger partial charge in [0.05, 0.1) is 5.69 Å². The molecule has 150 valence electrons. The molecule has 3 rings (SSSR count). The number of aliphatic imine (C=N–C) groups is 1. The van der Waals surface area contributed by atoms with E-state index in [1.165, 1.54) is 6.07 Å². The summed E-state index contributed by atoms with van der Waals surface area (Å²) < 4.78 is 15.5. The number of hydrogen-bond donors (Lipinski definition) is 2. The van der Waals surface area contributed by atoms with Crippen molar-refractivity contribution in [2.75, 3.05) is 20.1 Å². The van der Waals surface area contributed by atoms with Gasteiger partial charge in [-0.15, -0.1) is 24.0 Å². The molecule has 0 unspecified atom stereocenters. The zero-order valence-corrected chi connectivity index (χ0v) is 18.8. The lowest BCUT2D eigenvalue weighted by atomic mass is 9.84. The van der Waals surface area contributed by atoms with Crippen molar-refractivity contribution in [2.45, 2.75) is 25.7 Å². The molecule has 5 nitrogen and oxygen atoms in total. The lowest BCUT2D eigenvalue weighted by Crippen LogP contribution is -2.44. The van der Waals surface area contributed by atoms with Gasteiger partial charge in [-0.05, 0) is 29.8 Å². The highest BCUT2D eigenvalue weighted by atomic mass is 127. The number of imidazole rings is 1. The van der Waals surface area contributed by atoms with Crippen molar-refractivity contribution in [1.82, 2.24) is 20.0 Å². The van der Waals surface area contributed by atoms with E-state index in [1.807, 2.05) is 41.1 Å². The first-order chi connectivity index (χ1) is 13.0. The second kappa shape index (κ2) is 9.86. The van der Waals surface area contributed by atoms with Crippen LogP contribution in [0, 0.1) is 5.82 Å². The monoisotopic (exact) mass is 495 g/mol. The van der Waals surface area contributed by atoms with E-state index in [0.717, 1.165) is 35.8 Å². The van der Waals surface area contributed by atoms with Crippen LogP contribution in [0.15, 0.2) is 59.9 Å². The molecule has 0 saturated carbocycles. The molecule has 2 N–H and O–H groups in total. The highest BCUT2D eigenvalue weighted by Gasteiger charge is 2.21. The number of hydrogen-bond acceptors (Lipinski definition) is 2. The fraction of sp³-hybridized carbons (Fsp3) is 0.333. The van der Waals surface area contributed by atoms with E-state index in [1.54, 1.807) is 19.2 Å². The number of rotatable bonds is 6. The van der Waals surface area contributed by atoms with Crippen LogP contribution in [-0.4, -0.2) is 35.5 Å². The molecule has 1 aromatic carbocycles. The minimum Gasteiger partial charge on any atom is -0.356 e. The lowest BCUT2D eigenvalue weighted by Gasteiger charge is -2.26. The lowest BCUT2D eigenvalue weighted by molar-refractivity contribution is 0.503. The molecule has 0 aliphatic heterocycles. The summed E-state index contributed by atoms with van der Waals surface area (Å²) in [5.41, 5.74) is 2.72. The van der Waals surface area contributed by atoms with E-state index >= 15 is 0 Å². The minimum absolute atomic E-state index is 0. The van der Waals surface area contributed by atoms with E-state index in [2.05, 4.69) is 34.5 Å². The van der Waals surface area contributed by atoms with Crippen LogP contribution in [0.2, 0.25) is 0 Å². The molecular weight excluding hydrogens is 468 g/mol. The van der Waals surface area contributed by atoms with Crippen molar-refractivity contribution in [2.24, 2.45) is 4.99 Å². The third kappa shape index (κ3) is 5.67. The second-order valence-corrected chi connectivity index (χ2v) is 7.20. The number of aromatic nitrogens is 2. The van der Waals surface area contributed by atoms with Crippen LogP contribution >= 0.6 is 24.0 Å². The molecule has 0 aliphatic rings. The normalized spacial score (nSPS) is 11.9. The Bertz CT molecular complexity index is 902. The maximum Gasteiger partial charge on any atom is 0.191 e. The molecule has 28 heavy (non-hydrogen) atoms. The molecule has 0 spiro atoms. The first kappa shape index (κ1) is 22.1. The number of fused-ring (bicyclic) bond motifs is 1. The Morgan fingerprint density at radius 3 is 2.71 bits per heavy atom. The molecule has 2 heterocycles. The predicted molar refractivity (Wildman–Crippen MR) is 123 cm³/mol. The SMILES string of the molecule is CN=C(NCCc1cn2ccccc2n1)NCC(C)(C)c1cccc(F)c1.I. The molecule has 3 aromatic rings. The van der Waals surface area contributed by atoms with Crippen LogP contribution in [0.1, 0.15) is 25.1 Å². The van der Waals surface area contributed by atoms with E-state index in [0.29, 0.717) is 6.54 Å². The number of nitrogens with one attached hydrogen (secondary N) is 2. The second-order valence-electron chi connectivity index (χ2n) is 7.20. The Kier molecular flexibility index (Phi) is 7.79. The zero-order valence-electron chi connectivity index (χ0n) is 16.4. The zero-order chi connectivity index (χ0) is 19.3. The van der Waals surface area contributed by atoms with E-state index in [9.17, 15) is 4.39 Å². The van der Waals surface area contributed by atoms with E-state index < -0.39 is 0 Å². The standard InChI is InChI=1S/C21H26FN5.HI/c1-21(2,16-7-6-8-17(22)13-16)15-25-20(23-3)24-11-10-18-14-27-12-5-4-9-19(27)26-18;/h4-9,12-14H,10-11,15H2,1-3H3,(H2,23,24,25);1H. The van der Waals surface area contributed by atoms with Crippen molar-refractivity contribution in [1.29, 1.82) is 0 Å². The van der Waals surface area contributed by atoms with Gasteiger partial charge < -0.3 is 15.0 Å². The molecule has 0 bridgehead atoms. The van der Waals surface area contributed by atoms with Gasteiger partial charge in [0.15, 0.2) is 5.96 Å². The third-order valence-electron chi connectivity index (χ3n) is 4.61. The summed E-state index contributed by atoms with van der Waals surface area (Å²) in [6, 6.07) is 12.7. The Labute approximate surface area is 182 Å². The maximum atomic E-state index is 13.5. The number of guanidine groups is 1. The fourth-order valence-corrected chi connectivity index (χ4v) is 2.95. The van der Waals surface area contributed by atoms with Crippen molar-refractivity contribution in [3.05, 3.63) is 71.9 Å². The Morgan fingerprint density at radius 2 is 2.00 bits per heavy atom. The summed E-state index contributed by atoms with van der Waals surface area (Å²) >= 11 is 0. The summed E-state index contributed by atoms with van der Waals surface area (Å²) in [6.45, 7) is 5.53. The first-order valence-corrected chi connectivity index (χ1v) is 9.11. The van der Waals surface area contributed by atoms with Gasteiger partial charge in [-0.2, -0.15) is 0 Å². The van der Waals surface area contributed by atoms with Crippen molar-refractivity contribution < 1.29 is 4.39 Å². The highest BCUT2D eigenvalue weighted by Crippen LogP contribution is 2.22. The van der Waals surface area contributed by atoms with Gasteiger partial charge in [0.2, 0.25) is 0 Å². The fourth-order valence-electron chi connectivity index (χ4n) is 2.95. The summed E-state index contributed by atoms with van der Waals surface area (Å²) in [5, 5.41) is 6.64. The van der Waals surface area contributed by atoms with Gasteiger partial charge in [0, 0.05) is 44.4 Å². The van der Waals surface area contributed by atoms with Crippen LogP contribution in [0.4, 0.5) is 4.39 Å². The van der Waals surface area contributed by atoms with Crippen LogP contribution in [-0.2, 0) is 11.8 Å². The summed E-state index contributed by atoms with van der Waals surface area (Å²) in [4.78, 5) is 8.87. The Hall–Kier alpha value is -2.16. The van der Waals surface area contributed by atoms with E-state index in [4.69, 9.17) is 0 Å². The molecule has 0 aliphatic carbocycles. The minimum atomic E-state index is -0.221. The van der Waals surface area contributed by atoms with Gasteiger partial charge in [-0.25, -0.2) is 9.37 Å². The molecular formula is C21H27FIN5. The van der Waals surface area contributed by atoms with Crippen molar-refractivity contribution in [3.63, 3.8) is 0 Å². The highest BCUT2D eigenvalue weighted by molar-refractivity contribution is 14.0. The van der Waals surface area contributed by atoms with Crippen LogP contribution in [0.3, 0.4) is 0 Å². The molecule has 0 saturated heterocycles. The first-order valence-electron chi connectivity index (χ1n) is 9.11. The largest absolute Gasteiger partial charge is 0.356 e. The molecule has 0 amide bonds. The van der Waals surface area contributed by atoms with Gasteiger partial charge in [-0.3, -0.25) is 4.99 Å². The average molecular weight is 495 g/mol.